The van der Waals surface area contributed by atoms with Crippen LogP contribution in [0.25, 0.3) is 21.7 Å². The number of benzene rings is 3. The lowest BCUT2D eigenvalue weighted by Crippen LogP contribution is -2.49. The number of aromatic nitrogens is 1. The van der Waals surface area contributed by atoms with E-state index in [0.717, 1.165) is 37.9 Å². The van der Waals surface area contributed by atoms with Crippen LogP contribution in [0.2, 0.25) is 0 Å². The highest BCUT2D eigenvalue weighted by Gasteiger charge is 2.22. The second-order valence-electron chi connectivity index (χ2n) is 8.54. The number of fused-ring (bicyclic) bond motifs is 2. The third-order valence-electron chi connectivity index (χ3n) is 6.25. The van der Waals surface area contributed by atoms with Crippen molar-refractivity contribution in [2.75, 3.05) is 13.1 Å². The van der Waals surface area contributed by atoms with Gasteiger partial charge in [-0.1, -0.05) is 54.6 Å². The van der Waals surface area contributed by atoms with Gasteiger partial charge in [-0.2, -0.15) is 0 Å². The Hall–Kier alpha value is -3.77. The molecule has 2 N–H and O–H groups in total. The predicted molar refractivity (Wildman–Crippen MR) is 130 cm³/mol. The number of piperidine rings is 1. The zero-order valence-corrected chi connectivity index (χ0v) is 18.3. The fourth-order valence-electron chi connectivity index (χ4n) is 4.51. The number of imide groups is 1. The van der Waals surface area contributed by atoms with Crippen molar-refractivity contribution in [1.29, 1.82) is 0 Å². The molecule has 0 saturated carbocycles. The number of carbonyl (C=O) groups is 2. The number of hydrogen-bond acceptors (Lipinski definition) is 4. The Morgan fingerprint density at radius 3 is 2.48 bits per heavy atom. The number of carbonyl (C=O) groups excluding carboxylic acids is 2. The average Bonchev–Trinajstić information content (AvgIpc) is 2.84. The van der Waals surface area contributed by atoms with E-state index in [-0.39, 0.29) is 6.04 Å². The summed E-state index contributed by atoms with van der Waals surface area (Å²) in [4.78, 5) is 31.8. The fourth-order valence-corrected chi connectivity index (χ4v) is 4.51. The summed E-state index contributed by atoms with van der Waals surface area (Å²) in [5, 5.41) is 8.80. The van der Waals surface area contributed by atoms with E-state index in [1.54, 1.807) is 18.3 Å². The molecule has 166 valence electrons. The lowest BCUT2D eigenvalue weighted by Gasteiger charge is -2.32. The van der Waals surface area contributed by atoms with Gasteiger partial charge in [0.15, 0.2) is 0 Å². The first-order valence-electron chi connectivity index (χ1n) is 11.3. The molecule has 1 fully saturated rings. The van der Waals surface area contributed by atoms with E-state index in [1.165, 1.54) is 16.3 Å². The van der Waals surface area contributed by atoms with E-state index in [0.29, 0.717) is 11.1 Å². The lowest BCUT2D eigenvalue weighted by molar-refractivity contribution is 0.0963. The van der Waals surface area contributed by atoms with E-state index >= 15 is 0 Å². The third kappa shape index (κ3) is 4.86. The second kappa shape index (κ2) is 9.38. The maximum Gasteiger partial charge on any atom is 0.321 e. The number of urea groups is 1. The van der Waals surface area contributed by atoms with Crippen molar-refractivity contribution in [2.45, 2.75) is 25.4 Å². The molecule has 1 aromatic heterocycles. The van der Waals surface area contributed by atoms with Crippen LogP contribution in [0.15, 0.2) is 79.0 Å². The summed E-state index contributed by atoms with van der Waals surface area (Å²) < 4.78 is 0. The molecule has 0 spiro atoms. The summed E-state index contributed by atoms with van der Waals surface area (Å²) in [6, 6.07) is 23.7. The molecule has 1 saturated heterocycles. The molecule has 0 aliphatic carbocycles. The van der Waals surface area contributed by atoms with Crippen LogP contribution in [-0.4, -0.2) is 41.0 Å². The van der Waals surface area contributed by atoms with Gasteiger partial charge >= 0.3 is 6.03 Å². The highest BCUT2D eigenvalue weighted by molar-refractivity contribution is 6.10. The van der Waals surface area contributed by atoms with Crippen molar-refractivity contribution in [3.8, 4) is 0 Å². The van der Waals surface area contributed by atoms with Crippen molar-refractivity contribution in [3.05, 3.63) is 90.1 Å². The first-order chi connectivity index (χ1) is 16.2. The summed E-state index contributed by atoms with van der Waals surface area (Å²) in [5.74, 6) is -0.439. The van der Waals surface area contributed by atoms with Crippen LogP contribution in [-0.2, 0) is 6.54 Å². The maximum absolute atomic E-state index is 12.6. The van der Waals surface area contributed by atoms with E-state index in [9.17, 15) is 9.59 Å². The summed E-state index contributed by atoms with van der Waals surface area (Å²) >= 11 is 0. The minimum Gasteiger partial charge on any atom is -0.335 e. The number of nitrogens with one attached hydrogen (secondary N) is 2. The number of nitrogens with zero attached hydrogens (tertiary/aromatic N) is 2. The molecule has 1 aliphatic rings. The lowest BCUT2D eigenvalue weighted by atomic mass is 10.0. The molecular formula is C27H26N4O2. The molecule has 6 heteroatoms. The second-order valence-corrected chi connectivity index (χ2v) is 8.54. The van der Waals surface area contributed by atoms with Gasteiger partial charge in [0.25, 0.3) is 5.91 Å². The number of amides is 3. The van der Waals surface area contributed by atoms with Gasteiger partial charge in [0, 0.05) is 37.3 Å². The highest BCUT2D eigenvalue weighted by Crippen LogP contribution is 2.19. The van der Waals surface area contributed by atoms with Gasteiger partial charge in [-0.15, -0.1) is 0 Å². The molecule has 0 radical (unpaired) electrons. The topological polar surface area (TPSA) is 74.3 Å². The maximum atomic E-state index is 12.6. The predicted octanol–water partition coefficient (Wildman–Crippen LogP) is 4.49. The van der Waals surface area contributed by atoms with Crippen LogP contribution in [0.3, 0.4) is 0 Å². The van der Waals surface area contributed by atoms with Crippen LogP contribution in [0.5, 0.6) is 0 Å². The quantitative estimate of drug-likeness (QED) is 0.492. The van der Waals surface area contributed by atoms with Gasteiger partial charge in [0.1, 0.15) is 0 Å². The Bertz CT molecular complexity index is 1310. The van der Waals surface area contributed by atoms with Crippen LogP contribution >= 0.6 is 0 Å². The molecule has 2 heterocycles. The SMILES string of the molecule is O=C(NC(=O)c1cccc2cccnc12)NC1CCN(Cc2ccc3ccccc3c2)CC1. The molecule has 6 nitrogen and oxygen atoms in total. The van der Waals surface area contributed by atoms with E-state index < -0.39 is 11.9 Å². The molecule has 0 bridgehead atoms. The monoisotopic (exact) mass is 438 g/mol. The van der Waals surface area contributed by atoms with Crippen molar-refractivity contribution < 1.29 is 9.59 Å². The van der Waals surface area contributed by atoms with Gasteiger partial charge in [0.2, 0.25) is 0 Å². The van der Waals surface area contributed by atoms with Crippen LogP contribution in [0.4, 0.5) is 4.79 Å². The summed E-state index contributed by atoms with van der Waals surface area (Å²) in [7, 11) is 0. The molecule has 3 aromatic carbocycles. The molecular weight excluding hydrogens is 412 g/mol. The van der Waals surface area contributed by atoms with Crippen molar-refractivity contribution in [3.63, 3.8) is 0 Å². The largest absolute Gasteiger partial charge is 0.335 e. The molecule has 5 rings (SSSR count). The van der Waals surface area contributed by atoms with Crippen LogP contribution in [0, 0.1) is 0 Å². The first-order valence-corrected chi connectivity index (χ1v) is 11.3. The summed E-state index contributed by atoms with van der Waals surface area (Å²) in [5.41, 5.74) is 2.29. The van der Waals surface area contributed by atoms with Gasteiger partial charge in [-0.05, 0) is 47.4 Å². The van der Waals surface area contributed by atoms with Crippen molar-refractivity contribution >= 4 is 33.6 Å². The zero-order valence-electron chi connectivity index (χ0n) is 18.3. The number of hydrogen-bond donors (Lipinski definition) is 2. The van der Waals surface area contributed by atoms with E-state index in [2.05, 4.69) is 63.0 Å². The number of pyridine rings is 1. The fraction of sp³-hybridized carbons (Fsp3) is 0.222. The van der Waals surface area contributed by atoms with Crippen LogP contribution < -0.4 is 10.6 Å². The van der Waals surface area contributed by atoms with E-state index in [1.807, 2.05) is 18.2 Å². The number of rotatable bonds is 4. The number of para-hydroxylation sites is 1. The Labute approximate surface area is 192 Å². The Morgan fingerprint density at radius 2 is 1.64 bits per heavy atom. The van der Waals surface area contributed by atoms with Crippen molar-refractivity contribution in [2.24, 2.45) is 0 Å². The average molecular weight is 439 g/mol. The first kappa shape index (κ1) is 21.1. The standard InChI is InChI=1S/C27H26N4O2/c32-26(24-9-3-7-21-8-4-14-28-25(21)24)30-27(33)29-23-12-15-31(16-13-23)18-19-10-11-20-5-1-2-6-22(20)17-19/h1-11,14,17,23H,12-13,15-16,18H2,(H2,29,30,32,33). The van der Waals surface area contributed by atoms with Crippen molar-refractivity contribution in [1.82, 2.24) is 20.5 Å². The Morgan fingerprint density at radius 1 is 0.879 bits per heavy atom. The zero-order chi connectivity index (χ0) is 22.6. The van der Waals surface area contributed by atoms with Gasteiger partial charge < -0.3 is 5.32 Å². The summed E-state index contributed by atoms with van der Waals surface area (Å²) in [6.07, 6.45) is 3.35. The van der Waals surface area contributed by atoms with Gasteiger partial charge in [-0.3, -0.25) is 20.0 Å². The molecule has 1 aliphatic heterocycles. The minimum atomic E-state index is -0.457. The van der Waals surface area contributed by atoms with E-state index in [4.69, 9.17) is 0 Å². The molecule has 4 aromatic rings. The van der Waals surface area contributed by atoms with Gasteiger partial charge in [0.05, 0.1) is 11.1 Å². The molecule has 33 heavy (non-hydrogen) atoms. The smallest absolute Gasteiger partial charge is 0.321 e. The van der Waals surface area contributed by atoms with Crippen LogP contribution in [0.1, 0.15) is 28.8 Å². The minimum absolute atomic E-state index is 0.0521. The molecule has 3 amide bonds. The van der Waals surface area contributed by atoms with Gasteiger partial charge in [-0.25, -0.2) is 4.79 Å². The Kier molecular flexibility index (Phi) is 6.00. The number of likely N-dealkylation sites (tertiary alicyclic amines) is 1. The normalized spacial score (nSPS) is 14.9. The summed E-state index contributed by atoms with van der Waals surface area (Å²) in [6.45, 7) is 2.70. The highest BCUT2D eigenvalue weighted by atomic mass is 16.2. The molecule has 0 atom stereocenters. The Balaban J connectivity index is 1.13. The third-order valence-corrected chi connectivity index (χ3v) is 6.25. The molecule has 0 unspecified atom stereocenters.